The quantitative estimate of drug-likeness (QED) is 0.376. The number of hydrogen-bond acceptors (Lipinski definition) is 4. The highest BCUT2D eigenvalue weighted by atomic mass is 16.5. The Morgan fingerprint density at radius 2 is 1.78 bits per heavy atom. The molecule has 1 aromatic heterocycles. The first-order valence-electron chi connectivity index (χ1n) is 12.8. The second kappa shape index (κ2) is 11.0. The zero-order valence-electron chi connectivity index (χ0n) is 21.1. The number of hydrogen-bond donors (Lipinski definition) is 1. The Morgan fingerprint density at radius 3 is 2.56 bits per heavy atom. The Balaban J connectivity index is 1.30. The second-order valence-electron chi connectivity index (χ2n) is 9.67. The average molecular weight is 483 g/mol. The van der Waals surface area contributed by atoms with Crippen LogP contribution in [0.5, 0.6) is 5.75 Å². The van der Waals surface area contributed by atoms with E-state index in [4.69, 9.17) is 9.72 Å². The Kier molecular flexibility index (Phi) is 7.33. The molecule has 1 amide bonds. The van der Waals surface area contributed by atoms with Crippen LogP contribution in [0, 0.1) is 5.92 Å². The van der Waals surface area contributed by atoms with Crippen molar-refractivity contribution in [2.75, 3.05) is 20.2 Å². The van der Waals surface area contributed by atoms with E-state index >= 15 is 0 Å². The van der Waals surface area contributed by atoms with E-state index in [9.17, 15) is 4.79 Å². The van der Waals surface area contributed by atoms with Gasteiger partial charge in [-0.3, -0.25) is 9.69 Å². The van der Waals surface area contributed by atoms with Crippen molar-refractivity contribution in [3.8, 4) is 5.75 Å². The van der Waals surface area contributed by atoms with Crippen LogP contribution in [0.2, 0.25) is 0 Å². The first-order chi connectivity index (χ1) is 17.6. The molecule has 0 radical (unpaired) electrons. The fourth-order valence-electron chi connectivity index (χ4n) is 5.11. The number of nitrogens with one attached hydrogen (secondary N) is 1. The maximum atomic E-state index is 13.1. The molecule has 1 aliphatic rings. The molecule has 1 aliphatic heterocycles. The van der Waals surface area contributed by atoms with Gasteiger partial charge in [0, 0.05) is 13.1 Å². The number of para-hydroxylation sites is 2. The lowest BCUT2D eigenvalue weighted by Crippen LogP contribution is -2.43. The fourth-order valence-corrected chi connectivity index (χ4v) is 5.11. The van der Waals surface area contributed by atoms with Gasteiger partial charge in [0.25, 0.3) is 0 Å². The van der Waals surface area contributed by atoms with Gasteiger partial charge < -0.3 is 14.6 Å². The topological polar surface area (TPSA) is 59.4 Å². The van der Waals surface area contributed by atoms with Crippen LogP contribution in [-0.4, -0.2) is 40.6 Å². The number of fused-ring (bicyclic) bond motifs is 1. The molecule has 4 aromatic rings. The average Bonchev–Trinajstić information content (AvgIpc) is 3.26. The van der Waals surface area contributed by atoms with Crippen molar-refractivity contribution in [3.05, 3.63) is 95.8 Å². The molecule has 0 unspecified atom stereocenters. The van der Waals surface area contributed by atoms with E-state index in [1.807, 2.05) is 36.4 Å². The Bertz CT molecular complexity index is 1300. The minimum absolute atomic E-state index is 0.00257. The Hall–Kier alpha value is -3.64. The summed E-state index contributed by atoms with van der Waals surface area (Å²) in [6.07, 6.45) is 1.93. The number of aromatic nitrogens is 2. The third kappa shape index (κ3) is 5.44. The number of carbonyl (C=O) groups excluding carboxylic acids is 1. The summed E-state index contributed by atoms with van der Waals surface area (Å²) < 4.78 is 7.62. The summed E-state index contributed by atoms with van der Waals surface area (Å²) in [4.78, 5) is 20.5. The van der Waals surface area contributed by atoms with Crippen molar-refractivity contribution in [1.29, 1.82) is 0 Å². The Morgan fingerprint density at radius 1 is 1.03 bits per heavy atom. The third-order valence-corrected chi connectivity index (χ3v) is 7.13. The van der Waals surface area contributed by atoms with Crippen LogP contribution in [0.15, 0.2) is 78.9 Å². The van der Waals surface area contributed by atoms with E-state index in [1.165, 1.54) is 5.56 Å². The molecular formula is C30H34N4O2. The van der Waals surface area contributed by atoms with Gasteiger partial charge in [0.15, 0.2) is 0 Å². The summed E-state index contributed by atoms with van der Waals surface area (Å²) in [5, 5.41) is 3.23. The summed E-state index contributed by atoms with van der Waals surface area (Å²) in [5.41, 5.74) is 4.46. The van der Waals surface area contributed by atoms with Crippen molar-refractivity contribution in [2.45, 2.75) is 38.9 Å². The molecular weight excluding hydrogens is 448 g/mol. The van der Waals surface area contributed by atoms with Crippen molar-refractivity contribution < 1.29 is 9.53 Å². The standard InChI is InChI=1S/C30H34N4O2/c1-22(24-9-4-3-5-10-24)31-30(35)25-11-8-18-33(20-25)21-29-32-27-12-6-7-13-28(27)34(29)19-23-14-16-26(36-2)17-15-23/h3-7,9-10,12-17,22,25H,8,11,18-21H2,1-2H3,(H,31,35)/t22-,25+/m1/s1. The highest BCUT2D eigenvalue weighted by molar-refractivity contribution is 5.79. The predicted octanol–water partition coefficient (Wildman–Crippen LogP) is 5.18. The molecule has 0 spiro atoms. The number of benzene rings is 3. The molecule has 0 saturated carbocycles. The molecule has 2 heterocycles. The molecule has 0 aliphatic carbocycles. The Labute approximate surface area is 212 Å². The number of amides is 1. The number of piperidine rings is 1. The maximum Gasteiger partial charge on any atom is 0.224 e. The summed E-state index contributed by atoms with van der Waals surface area (Å²) in [6.45, 7) is 5.24. The SMILES string of the molecule is COc1ccc(Cn2c(CN3CCC[C@H](C(=O)N[C@H](C)c4ccccc4)C3)nc3ccccc32)cc1. The van der Waals surface area contributed by atoms with Crippen LogP contribution < -0.4 is 10.1 Å². The summed E-state index contributed by atoms with van der Waals surface area (Å²) >= 11 is 0. The minimum Gasteiger partial charge on any atom is -0.497 e. The summed E-state index contributed by atoms with van der Waals surface area (Å²) in [7, 11) is 1.69. The number of carbonyl (C=O) groups is 1. The fraction of sp³-hybridized carbons (Fsp3) is 0.333. The normalized spacial score (nSPS) is 17.1. The van der Waals surface area contributed by atoms with Crippen molar-refractivity contribution in [3.63, 3.8) is 0 Å². The van der Waals surface area contributed by atoms with Gasteiger partial charge in [-0.1, -0.05) is 54.6 Å². The van der Waals surface area contributed by atoms with E-state index < -0.39 is 0 Å². The lowest BCUT2D eigenvalue weighted by Gasteiger charge is -2.32. The van der Waals surface area contributed by atoms with Gasteiger partial charge in [-0.2, -0.15) is 0 Å². The van der Waals surface area contributed by atoms with Crippen molar-refractivity contribution >= 4 is 16.9 Å². The molecule has 1 fully saturated rings. The first kappa shape index (κ1) is 24.1. The highest BCUT2D eigenvalue weighted by Crippen LogP contribution is 2.24. The van der Waals surface area contributed by atoms with Crippen LogP contribution in [0.3, 0.4) is 0 Å². The molecule has 1 N–H and O–H groups in total. The molecule has 6 heteroatoms. The molecule has 3 aromatic carbocycles. The second-order valence-corrected chi connectivity index (χ2v) is 9.67. The molecule has 2 atom stereocenters. The third-order valence-electron chi connectivity index (χ3n) is 7.13. The van der Waals surface area contributed by atoms with Crippen LogP contribution in [0.25, 0.3) is 11.0 Å². The number of imidazole rings is 1. The smallest absolute Gasteiger partial charge is 0.224 e. The molecule has 36 heavy (non-hydrogen) atoms. The number of nitrogens with zero attached hydrogens (tertiary/aromatic N) is 3. The number of methoxy groups -OCH3 is 1. The van der Waals surface area contributed by atoms with Gasteiger partial charge in [-0.25, -0.2) is 4.98 Å². The number of ether oxygens (including phenoxy) is 1. The highest BCUT2D eigenvalue weighted by Gasteiger charge is 2.28. The van der Waals surface area contributed by atoms with Crippen LogP contribution in [0.1, 0.15) is 42.8 Å². The number of rotatable bonds is 8. The van der Waals surface area contributed by atoms with E-state index in [2.05, 4.69) is 64.2 Å². The lowest BCUT2D eigenvalue weighted by molar-refractivity contribution is -0.127. The van der Waals surface area contributed by atoms with Gasteiger partial charge in [0.2, 0.25) is 5.91 Å². The largest absolute Gasteiger partial charge is 0.497 e. The van der Waals surface area contributed by atoms with Gasteiger partial charge >= 0.3 is 0 Å². The van der Waals surface area contributed by atoms with Crippen molar-refractivity contribution in [2.24, 2.45) is 5.92 Å². The monoisotopic (exact) mass is 482 g/mol. The summed E-state index contributed by atoms with van der Waals surface area (Å²) in [5.74, 6) is 2.02. The van der Waals surface area contributed by atoms with E-state index in [0.717, 1.165) is 67.2 Å². The molecule has 0 bridgehead atoms. The van der Waals surface area contributed by atoms with E-state index in [1.54, 1.807) is 7.11 Å². The predicted molar refractivity (Wildman–Crippen MR) is 143 cm³/mol. The zero-order chi connectivity index (χ0) is 24.9. The minimum atomic E-state index is -0.00988. The van der Waals surface area contributed by atoms with Crippen LogP contribution in [-0.2, 0) is 17.9 Å². The van der Waals surface area contributed by atoms with E-state index in [-0.39, 0.29) is 17.9 Å². The lowest BCUT2D eigenvalue weighted by atomic mass is 9.96. The van der Waals surface area contributed by atoms with Gasteiger partial charge in [0.1, 0.15) is 11.6 Å². The van der Waals surface area contributed by atoms with Crippen molar-refractivity contribution in [1.82, 2.24) is 19.8 Å². The van der Waals surface area contributed by atoms with Crippen LogP contribution >= 0.6 is 0 Å². The molecule has 186 valence electrons. The molecule has 5 rings (SSSR count). The maximum absolute atomic E-state index is 13.1. The zero-order valence-corrected chi connectivity index (χ0v) is 21.1. The summed E-state index contributed by atoms with van der Waals surface area (Å²) in [6, 6.07) is 26.7. The molecule has 6 nitrogen and oxygen atoms in total. The van der Waals surface area contributed by atoms with Crippen LogP contribution in [0.4, 0.5) is 0 Å². The van der Waals surface area contributed by atoms with E-state index in [0.29, 0.717) is 0 Å². The van der Waals surface area contributed by atoms with Gasteiger partial charge in [-0.15, -0.1) is 0 Å². The number of likely N-dealkylation sites (tertiary alicyclic amines) is 1. The first-order valence-corrected chi connectivity index (χ1v) is 12.8. The van der Waals surface area contributed by atoms with Gasteiger partial charge in [-0.05, 0) is 61.7 Å². The molecule has 1 saturated heterocycles. The van der Waals surface area contributed by atoms with Gasteiger partial charge in [0.05, 0.1) is 36.6 Å².